The van der Waals surface area contributed by atoms with Crippen LogP contribution in [0.1, 0.15) is 12.8 Å². The summed E-state index contributed by atoms with van der Waals surface area (Å²) < 4.78 is 0. The van der Waals surface area contributed by atoms with Gasteiger partial charge in [0.1, 0.15) is 0 Å². The highest BCUT2D eigenvalue weighted by molar-refractivity contribution is 6.21. The lowest BCUT2D eigenvalue weighted by atomic mass is 9.96. The van der Waals surface area contributed by atoms with Gasteiger partial charge in [0.2, 0.25) is 0 Å². The molecule has 6 heavy (non-hydrogen) atoms. The van der Waals surface area contributed by atoms with Gasteiger partial charge in [0, 0.05) is 5.38 Å². The Morgan fingerprint density at radius 3 is 2.00 bits per heavy atom. The fourth-order valence-electron chi connectivity index (χ4n) is 0.521. The van der Waals surface area contributed by atoms with Gasteiger partial charge in [0.15, 0.2) is 0 Å². The highest BCUT2D eigenvalue weighted by atomic mass is 35.5. The molecule has 0 radical (unpaired) electrons. The van der Waals surface area contributed by atoms with Crippen molar-refractivity contribution in [2.24, 2.45) is 0 Å². The summed E-state index contributed by atoms with van der Waals surface area (Å²) in [6.45, 7) is 0. The molecule has 1 nitrogen and oxygen atoms in total. The van der Waals surface area contributed by atoms with Gasteiger partial charge >= 0.3 is 0 Å². The summed E-state index contributed by atoms with van der Waals surface area (Å²) in [6, 6.07) is 0. The Labute approximate surface area is 41.9 Å². The van der Waals surface area contributed by atoms with Crippen molar-refractivity contribution in [3.05, 3.63) is 0 Å². The first kappa shape index (κ1) is 4.41. The molecule has 36 valence electrons. The average Bonchev–Trinajstić information content (AvgIpc) is 1.33. The largest absolute Gasteiger partial charge is 0.393 e. The zero-order valence-electron chi connectivity index (χ0n) is 3.39. The van der Waals surface area contributed by atoms with E-state index in [-0.39, 0.29) is 11.5 Å². The smallest absolute Gasteiger partial charge is 0.0568 e. The second-order valence-electron chi connectivity index (χ2n) is 1.72. The minimum Gasteiger partial charge on any atom is -0.393 e. The third kappa shape index (κ3) is 0.660. The van der Waals surface area contributed by atoms with Gasteiger partial charge in [0.25, 0.3) is 0 Å². The van der Waals surface area contributed by atoms with Crippen LogP contribution in [0.5, 0.6) is 0 Å². The molecule has 0 unspecified atom stereocenters. The van der Waals surface area contributed by atoms with Crippen molar-refractivity contribution in [2.45, 2.75) is 24.3 Å². The van der Waals surface area contributed by atoms with Crippen LogP contribution in [0.15, 0.2) is 0 Å². The Balaban J connectivity index is 2.11. The molecule has 0 bridgehead atoms. The third-order valence-electron chi connectivity index (χ3n) is 1.06. The fraction of sp³-hybridized carbons (Fsp3) is 1.00. The monoisotopic (exact) mass is 106 g/mol. The molecular formula is C4H7ClO. The van der Waals surface area contributed by atoms with Gasteiger partial charge in [-0.25, -0.2) is 0 Å². The van der Waals surface area contributed by atoms with Gasteiger partial charge in [-0.1, -0.05) is 0 Å². The van der Waals surface area contributed by atoms with E-state index in [4.69, 9.17) is 16.7 Å². The molecule has 1 rings (SSSR count). The maximum atomic E-state index is 8.53. The van der Waals surface area contributed by atoms with Crippen molar-refractivity contribution >= 4 is 11.6 Å². The number of aliphatic hydroxyl groups is 1. The number of alkyl halides is 1. The number of rotatable bonds is 0. The van der Waals surface area contributed by atoms with E-state index in [9.17, 15) is 0 Å². The first-order valence-electron chi connectivity index (χ1n) is 2.11. The van der Waals surface area contributed by atoms with E-state index in [0.29, 0.717) is 0 Å². The van der Waals surface area contributed by atoms with Crippen molar-refractivity contribution < 1.29 is 5.11 Å². The molecule has 0 amide bonds. The Hall–Kier alpha value is 0.250. The van der Waals surface area contributed by atoms with Crippen LogP contribution in [-0.4, -0.2) is 16.6 Å². The van der Waals surface area contributed by atoms with Crippen LogP contribution in [0.25, 0.3) is 0 Å². The van der Waals surface area contributed by atoms with E-state index in [0.717, 1.165) is 12.8 Å². The van der Waals surface area contributed by atoms with Crippen LogP contribution in [0, 0.1) is 0 Å². The molecule has 0 aliphatic heterocycles. The van der Waals surface area contributed by atoms with Crippen LogP contribution >= 0.6 is 11.6 Å². The van der Waals surface area contributed by atoms with Crippen molar-refractivity contribution in [3.8, 4) is 0 Å². The van der Waals surface area contributed by atoms with Crippen LogP contribution in [0.3, 0.4) is 0 Å². The summed E-state index contributed by atoms with van der Waals surface area (Å²) in [5.74, 6) is 0. The second-order valence-corrected chi connectivity index (χ2v) is 2.34. The van der Waals surface area contributed by atoms with Crippen molar-refractivity contribution in [2.75, 3.05) is 0 Å². The first-order valence-corrected chi connectivity index (χ1v) is 2.55. The van der Waals surface area contributed by atoms with Crippen LogP contribution in [0.4, 0.5) is 0 Å². The number of aliphatic hydroxyl groups excluding tert-OH is 1. The third-order valence-corrected chi connectivity index (χ3v) is 1.41. The maximum Gasteiger partial charge on any atom is 0.0568 e. The molecule has 1 aliphatic carbocycles. The second kappa shape index (κ2) is 1.39. The van der Waals surface area contributed by atoms with E-state index in [2.05, 4.69) is 0 Å². The average molecular weight is 107 g/mol. The highest BCUT2D eigenvalue weighted by Crippen LogP contribution is 2.24. The molecule has 1 aliphatic rings. The molecule has 1 fully saturated rings. The molecule has 0 saturated heterocycles. The summed E-state index contributed by atoms with van der Waals surface area (Å²) in [7, 11) is 0. The van der Waals surface area contributed by atoms with Crippen LogP contribution in [0.2, 0.25) is 0 Å². The minimum absolute atomic E-state index is 0.0903. The maximum absolute atomic E-state index is 8.53. The van der Waals surface area contributed by atoms with Crippen molar-refractivity contribution in [1.29, 1.82) is 0 Å². The first-order chi connectivity index (χ1) is 2.79. The lowest BCUT2D eigenvalue weighted by molar-refractivity contribution is 0.0987. The number of halogens is 1. The summed E-state index contributed by atoms with van der Waals surface area (Å²) in [5.41, 5.74) is 0. The summed E-state index contributed by atoms with van der Waals surface area (Å²) >= 11 is 5.48. The van der Waals surface area contributed by atoms with E-state index < -0.39 is 0 Å². The van der Waals surface area contributed by atoms with E-state index in [1.54, 1.807) is 0 Å². The molecule has 0 spiro atoms. The zero-order valence-corrected chi connectivity index (χ0v) is 4.15. The number of hydrogen-bond acceptors (Lipinski definition) is 1. The molecule has 0 aromatic rings. The Kier molecular flexibility index (Phi) is 1.02. The molecular weight excluding hydrogens is 99.5 g/mol. The minimum atomic E-state index is -0.0903. The SMILES string of the molecule is OC1CC(Cl)C1. The van der Waals surface area contributed by atoms with Crippen molar-refractivity contribution in [1.82, 2.24) is 0 Å². The van der Waals surface area contributed by atoms with Crippen LogP contribution < -0.4 is 0 Å². The predicted octanol–water partition coefficient (Wildman–Crippen LogP) is 0.748. The topological polar surface area (TPSA) is 20.2 Å². The van der Waals surface area contributed by atoms with Gasteiger partial charge < -0.3 is 5.11 Å². The molecule has 2 heteroatoms. The standard InChI is InChI=1S/C4H7ClO/c5-3-1-4(6)2-3/h3-4,6H,1-2H2. The Morgan fingerprint density at radius 2 is 2.00 bits per heavy atom. The molecule has 1 N–H and O–H groups in total. The lowest BCUT2D eigenvalue weighted by Crippen LogP contribution is -2.28. The van der Waals surface area contributed by atoms with Gasteiger partial charge in [-0.3, -0.25) is 0 Å². The van der Waals surface area contributed by atoms with E-state index >= 15 is 0 Å². The van der Waals surface area contributed by atoms with Gasteiger partial charge in [-0.2, -0.15) is 0 Å². The molecule has 0 aromatic carbocycles. The van der Waals surface area contributed by atoms with Gasteiger partial charge in [-0.05, 0) is 12.8 Å². The van der Waals surface area contributed by atoms with E-state index in [1.165, 1.54) is 0 Å². The van der Waals surface area contributed by atoms with E-state index in [1.807, 2.05) is 0 Å². The number of hydrogen-bond donors (Lipinski definition) is 1. The quantitative estimate of drug-likeness (QED) is 0.452. The zero-order chi connectivity index (χ0) is 4.57. The normalized spacial score (nSPS) is 45.0. The Bertz CT molecular complexity index is 43.5. The van der Waals surface area contributed by atoms with Gasteiger partial charge in [-0.15, -0.1) is 11.6 Å². The fourth-order valence-corrected chi connectivity index (χ4v) is 0.933. The summed E-state index contributed by atoms with van der Waals surface area (Å²) in [5, 5.41) is 8.80. The molecule has 1 saturated carbocycles. The lowest BCUT2D eigenvalue weighted by Gasteiger charge is -2.25. The van der Waals surface area contributed by atoms with Crippen molar-refractivity contribution in [3.63, 3.8) is 0 Å². The molecule has 0 aromatic heterocycles. The van der Waals surface area contributed by atoms with Crippen LogP contribution in [-0.2, 0) is 0 Å². The summed E-state index contributed by atoms with van der Waals surface area (Å²) in [4.78, 5) is 0. The highest BCUT2D eigenvalue weighted by Gasteiger charge is 2.24. The molecule has 0 heterocycles. The Morgan fingerprint density at radius 1 is 1.50 bits per heavy atom. The van der Waals surface area contributed by atoms with Gasteiger partial charge in [0.05, 0.1) is 6.10 Å². The summed E-state index contributed by atoms with van der Waals surface area (Å²) in [6.07, 6.45) is 1.50. The molecule has 0 atom stereocenters. The predicted molar refractivity (Wildman–Crippen MR) is 24.9 cm³/mol.